The van der Waals surface area contributed by atoms with E-state index in [0.29, 0.717) is 10.6 Å². The normalized spacial score (nSPS) is 13.1. The second-order valence-electron chi connectivity index (χ2n) is 7.85. The fourth-order valence-electron chi connectivity index (χ4n) is 2.59. The second-order valence-corrected chi connectivity index (χ2v) is 8.68. The summed E-state index contributed by atoms with van der Waals surface area (Å²) in [6.45, 7) is 3.79. The van der Waals surface area contributed by atoms with E-state index in [9.17, 15) is 23.1 Å². The molecular formula is C20H23F3N6O2S. The summed E-state index contributed by atoms with van der Waals surface area (Å²) in [6, 6.07) is 4.75. The van der Waals surface area contributed by atoms with Gasteiger partial charge in [0, 0.05) is 24.7 Å². The number of carbonyl (C=O) groups is 1. The van der Waals surface area contributed by atoms with Crippen molar-refractivity contribution in [3.63, 3.8) is 0 Å². The largest absolute Gasteiger partial charge is 0.405 e. The molecule has 8 nitrogen and oxygen atoms in total. The SMILES string of the molecule is C[C@H](CNC(=O)c1cnc(Nc2ccc3ncsc3n2)cc1NCC(F)(F)F)C(C)(C)O. The fourth-order valence-corrected chi connectivity index (χ4v) is 3.25. The molecule has 0 aliphatic heterocycles. The Balaban J connectivity index is 1.81. The Morgan fingerprint density at radius 1 is 1.22 bits per heavy atom. The third-order valence-corrected chi connectivity index (χ3v) is 5.59. The van der Waals surface area contributed by atoms with Gasteiger partial charge in [0.15, 0.2) is 0 Å². The molecule has 0 saturated carbocycles. The first-order valence-corrected chi connectivity index (χ1v) is 10.6. The number of anilines is 3. The minimum atomic E-state index is -4.47. The third-order valence-electron chi connectivity index (χ3n) is 4.86. The number of alkyl halides is 3. The molecule has 0 radical (unpaired) electrons. The average Bonchev–Trinajstić information content (AvgIpc) is 3.17. The van der Waals surface area contributed by atoms with E-state index in [1.807, 2.05) is 0 Å². The van der Waals surface area contributed by atoms with E-state index in [1.165, 1.54) is 23.6 Å². The van der Waals surface area contributed by atoms with Gasteiger partial charge in [-0.15, -0.1) is 11.3 Å². The molecule has 0 saturated heterocycles. The highest BCUT2D eigenvalue weighted by Gasteiger charge is 2.28. The molecule has 1 atom stereocenters. The van der Waals surface area contributed by atoms with Crippen LogP contribution in [0.3, 0.4) is 0 Å². The maximum Gasteiger partial charge on any atom is 0.405 e. The molecule has 32 heavy (non-hydrogen) atoms. The van der Waals surface area contributed by atoms with Gasteiger partial charge in [0.25, 0.3) is 5.91 Å². The number of hydrogen-bond donors (Lipinski definition) is 4. The molecule has 4 N–H and O–H groups in total. The van der Waals surface area contributed by atoms with E-state index in [2.05, 4.69) is 30.9 Å². The third kappa shape index (κ3) is 6.26. The van der Waals surface area contributed by atoms with Crippen LogP contribution in [0.4, 0.5) is 30.5 Å². The Kier molecular flexibility index (Phi) is 6.84. The van der Waals surface area contributed by atoms with E-state index >= 15 is 0 Å². The number of aromatic nitrogens is 3. The molecule has 0 fully saturated rings. The Morgan fingerprint density at radius 3 is 2.66 bits per heavy atom. The molecule has 1 amide bonds. The number of thiazole rings is 1. The summed E-state index contributed by atoms with van der Waals surface area (Å²) in [5.74, 6) is -0.228. The first-order valence-electron chi connectivity index (χ1n) is 9.71. The predicted molar refractivity (Wildman–Crippen MR) is 117 cm³/mol. The highest BCUT2D eigenvalue weighted by molar-refractivity contribution is 7.16. The van der Waals surface area contributed by atoms with Crippen LogP contribution < -0.4 is 16.0 Å². The summed E-state index contributed by atoms with van der Waals surface area (Å²) in [4.78, 5) is 26.0. The molecule has 0 bridgehead atoms. The lowest BCUT2D eigenvalue weighted by Crippen LogP contribution is -2.39. The number of carbonyl (C=O) groups excluding carboxylic acids is 1. The maximum atomic E-state index is 12.8. The van der Waals surface area contributed by atoms with Crippen LogP contribution in [0.5, 0.6) is 0 Å². The molecule has 12 heteroatoms. The van der Waals surface area contributed by atoms with E-state index in [1.54, 1.807) is 38.4 Å². The lowest BCUT2D eigenvalue weighted by Gasteiger charge is -2.26. The van der Waals surface area contributed by atoms with Gasteiger partial charge in [-0.3, -0.25) is 4.79 Å². The Bertz CT molecular complexity index is 1100. The van der Waals surface area contributed by atoms with Crippen LogP contribution >= 0.6 is 11.3 Å². The van der Waals surface area contributed by atoms with Crippen molar-refractivity contribution in [2.24, 2.45) is 5.92 Å². The van der Waals surface area contributed by atoms with Crippen LogP contribution in [0.1, 0.15) is 31.1 Å². The molecule has 172 valence electrons. The zero-order valence-electron chi connectivity index (χ0n) is 17.6. The number of nitrogens with one attached hydrogen (secondary N) is 3. The maximum absolute atomic E-state index is 12.8. The van der Waals surface area contributed by atoms with Crippen molar-refractivity contribution < 1.29 is 23.1 Å². The van der Waals surface area contributed by atoms with Crippen molar-refractivity contribution in [3.8, 4) is 0 Å². The van der Waals surface area contributed by atoms with Crippen molar-refractivity contribution in [1.82, 2.24) is 20.3 Å². The molecule has 3 heterocycles. The van der Waals surface area contributed by atoms with Gasteiger partial charge in [-0.1, -0.05) is 6.92 Å². The van der Waals surface area contributed by atoms with Gasteiger partial charge in [-0.2, -0.15) is 13.2 Å². The topological polar surface area (TPSA) is 112 Å². The van der Waals surface area contributed by atoms with E-state index < -0.39 is 24.2 Å². The highest BCUT2D eigenvalue weighted by atomic mass is 32.1. The smallest absolute Gasteiger partial charge is 0.390 e. The molecule has 3 aromatic heterocycles. The van der Waals surface area contributed by atoms with Gasteiger partial charge < -0.3 is 21.1 Å². The van der Waals surface area contributed by atoms with Gasteiger partial charge in [0.05, 0.1) is 22.4 Å². The minimum Gasteiger partial charge on any atom is -0.390 e. The van der Waals surface area contributed by atoms with Crippen molar-refractivity contribution in [2.45, 2.75) is 32.5 Å². The zero-order chi connectivity index (χ0) is 23.5. The number of aliphatic hydroxyl groups is 1. The second kappa shape index (κ2) is 9.25. The van der Waals surface area contributed by atoms with Crippen LogP contribution in [0.2, 0.25) is 0 Å². The van der Waals surface area contributed by atoms with Crippen LogP contribution in [-0.4, -0.2) is 50.8 Å². The predicted octanol–water partition coefficient (Wildman–Crippen LogP) is 3.94. The quantitative estimate of drug-likeness (QED) is 0.396. The van der Waals surface area contributed by atoms with E-state index in [0.717, 1.165) is 5.52 Å². The van der Waals surface area contributed by atoms with Crippen molar-refractivity contribution >= 4 is 44.9 Å². The van der Waals surface area contributed by atoms with Gasteiger partial charge in [-0.05, 0) is 26.0 Å². The Morgan fingerprint density at radius 2 is 1.97 bits per heavy atom. The number of amides is 1. The zero-order valence-corrected chi connectivity index (χ0v) is 18.4. The van der Waals surface area contributed by atoms with Crippen LogP contribution in [0.25, 0.3) is 10.3 Å². The summed E-state index contributed by atoms with van der Waals surface area (Å²) in [6.07, 6.45) is -3.28. The van der Waals surface area contributed by atoms with Crippen LogP contribution in [0, 0.1) is 5.92 Å². The molecule has 3 rings (SSSR count). The lowest BCUT2D eigenvalue weighted by molar-refractivity contribution is -0.115. The Labute approximate surface area is 186 Å². The fraction of sp³-hybridized carbons (Fsp3) is 0.400. The van der Waals surface area contributed by atoms with Crippen LogP contribution in [0.15, 0.2) is 29.9 Å². The van der Waals surface area contributed by atoms with Crippen molar-refractivity contribution in [1.29, 1.82) is 0 Å². The standard InChI is InChI=1S/C20H23F3N6O2S/c1-11(19(2,3)31)7-25-17(30)12-8-24-16(6-14(12)26-9-20(21,22)23)28-15-5-4-13-18(29-15)32-10-27-13/h4-6,8,10-11,31H,7,9H2,1-3H3,(H,25,30)(H2,24,26,28,29)/t11-/m1/s1. The summed E-state index contributed by atoms with van der Waals surface area (Å²) in [5.41, 5.74) is 1.28. The molecule has 0 unspecified atom stereocenters. The number of nitrogens with zero attached hydrogens (tertiary/aromatic N) is 3. The van der Waals surface area contributed by atoms with Gasteiger partial charge in [0.2, 0.25) is 0 Å². The van der Waals surface area contributed by atoms with Crippen LogP contribution in [-0.2, 0) is 0 Å². The number of halogens is 3. The van der Waals surface area contributed by atoms with Crippen molar-refractivity contribution in [3.05, 3.63) is 35.5 Å². The summed E-state index contributed by atoms with van der Waals surface area (Å²) < 4.78 is 38.4. The number of fused-ring (bicyclic) bond motifs is 1. The lowest BCUT2D eigenvalue weighted by atomic mass is 9.93. The first-order chi connectivity index (χ1) is 14.9. The summed E-state index contributed by atoms with van der Waals surface area (Å²) in [7, 11) is 0. The van der Waals surface area contributed by atoms with Gasteiger partial charge in [0.1, 0.15) is 28.5 Å². The Hall–Kier alpha value is -2.99. The van der Waals surface area contributed by atoms with Gasteiger partial charge >= 0.3 is 6.18 Å². The molecule has 0 aliphatic carbocycles. The molecule has 0 aromatic carbocycles. The summed E-state index contributed by atoms with van der Waals surface area (Å²) in [5, 5.41) is 17.8. The molecule has 3 aromatic rings. The summed E-state index contributed by atoms with van der Waals surface area (Å²) >= 11 is 1.35. The number of hydrogen-bond acceptors (Lipinski definition) is 8. The average molecular weight is 469 g/mol. The first kappa shape index (κ1) is 23.7. The molecule has 0 aliphatic rings. The number of rotatable bonds is 8. The minimum absolute atomic E-state index is 0.0351. The van der Waals surface area contributed by atoms with E-state index in [4.69, 9.17) is 0 Å². The highest BCUT2D eigenvalue weighted by Crippen LogP contribution is 2.25. The number of pyridine rings is 2. The van der Waals surface area contributed by atoms with Gasteiger partial charge in [-0.25, -0.2) is 15.0 Å². The van der Waals surface area contributed by atoms with E-state index in [-0.39, 0.29) is 29.5 Å². The molecule has 0 spiro atoms. The van der Waals surface area contributed by atoms with Crippen molar-refractivity contribution in [2.75, 3.05) is 23.7 Å². The molecular weight excluding hydrogens is 445 g/mol. The monoisotopic (exact) mass is 468 g/mol.